The van der Waals surface area contributed by atoms with Gasteiger partial charge in [-0.3, -0.25) is 4.79 Å². The van der Waals surface area contributed by atoms with E-state index in [9.17, 15) is 4.79 Å². The Morgan fingerprint density at radius 1 is 1.00 bits per heavy atom. The van der Waals surface area contributed by atoms with Crippen molar-refractivity contribution in [1.29, 1.82) is 0 Å². The smallest absolute Gasteiger partial charge is 0.144 e. The van der Waals surface area contributed by atoms with E-state index >= 15 is 0 Å². The van der Waals surface area contributed by atoms with Gasteiger partial charge in [0.2, 0.25) is 0 Å². The molecule has 0 aliphatic heterocycles. The monoisotopic (exact) mass is 280 g/mol. The lowest BCUT2D eigenvalue weighted by molar-refractivity contribution is -0.119. The van der Waals surface area contributed by atoms with Gasteiger partial charge in [0.15, 0.2) is 0 Å². The number of ketones is 1. The van der Waals surface area contributed by atoms with Gasteiger partial charge in [-0.1, -0.05) is 55.0 Å². The summed E-state index contributed by atoms with van der Waals surface area (Å²) in [7, 11) is 0. The van der Waals surface area contributed by atoms with Crippen LogP contribution in [0.4, 0.5) is 0 Å². The number of hydrogen-bond donors (Lipinski definition) is 0. The van der Waals surface area contributed by atoms with Gasteiger partial charge in [0, 0.05) is 12.3 Å². The van der Waals surface area contributed by atoms with Crippen LogP contribution in [-0.4, -0.2) is 5.78 Å². The molecule has 2 aromatic carbocycles. The third-order valence-corrected chi connectivity index (χ3v) is 4.19. The zero-order valence-corrected chi connectivity index (χ0v) is 13.4. The van der Waals surface area contributed by atoms with E-state index < -0.39 is 0 Å². The molecular formula is C20H24O. The number of carbonyl (C=O) groups is 1. The molecule has 1 nitrogen and oxygen atoms in total. The Balaban J connectivity index is 2.25. The number of Topliss-reactive ketones (excluding diaryl/α,β-unsaturated/α-hetero) is 1. The normalized spacial score (nSPS) is 12.2. The lowest BCUT2D eigenvalue weighted by Gasteiger charge is -2.17. The predicted octanol–water partition coefficient (Wildman–Crippen LogP) is 4.92. The van der Waals surface area contributed by atoms with Gasteiger partial charge in [0.05, 0.1) is 0 Å². The van der Waals surface area contributed by atoms with E-state index in [0.717, 1.165) is 12.0 Å². The summed E-state index contributed by atoms with van der Waals surface area (Å²) in [5, 5.41) is 0. The quantitative estimate of drug-likeness (QED) is 0.760. The maximum atomic E-state index is 12.7. The molecule has 0 saturated carbocycles. The average molecular weight is 280 g/mol. The van der Waals surface area contributed by atoms with E-state index in [-0.39, 0.29) is 5.92 Å². The second-order valence-corrected chi connectivity index (χ2v) is 5.89. The molecule has 1 atom stereocenters. The topological polar surface area (TPSA) is 17.1 Å². The molecule has 1 unspecified atom stereocenters. The standard InChI is InChI=1S/C20H24O/c1-5-18(17-9-7-6-8-10-17)20(21)13-19-15(3)11-14(2)12-16(19)4/h6-12,18H,5,13H2,1-4H3. The van der Waals surface area contributed by atoms with Crippen molar-refractivity contribution in [2.45, 2.75) is 46.5 Å². The highest BCUT2D eigenvalue weighted by atomic mass is 16.1. The highest BCUT2D eigenvalue weighted by Gasteiger charge is 2.20. The van der Waals surface area contributed by atoms with Gasteiger partial charge in [-0.05, 0) is 49.4 Å². The van der Waals surface area contributed by atoms with Gasteiger partial charge in [0.1, 0.15) is 5.78 Å². The van der Waals surface area contributed by atoms with Crippen molar-refractivity contribution in [2.75, 3.05) is 0 Å². The summed E-state index contributed by atoms with van der Waals surface area (Å²) in [5.74, 6) is 0.324. The van der Waals surface area contributed by atoms with Crippen LogP contribution in [0.1, 0.15) is 47.1 Å². The lowest BCUT2D eigenvalue weighted by atomic mass is 9.86. The van der Waals surface area contributed by atoms with Crippen LogP contribution in [0, 0.1) is 20.8 Å². The van der Waals surface area contributed by atoms with E-state index in [2.05, 4.69) is 52.0 Å². The molecule has 0 spiro atoms. The molecule has 0 aliphatic carbocycles. The Kier molecular flexibility index (Phi) is 4.95. The van der Waals surface area contributed by atoms with Crippen LogP contribution in [-0.2, 0) is 11.2 Å². The van der Waals surface area contributed by atoms with Crippen LogP contribution < -0.4 is 0 Å². The zero-order chi connectivity index (χ0) is 15.4. The summed E-state index contributed by atoms with van der Waals surface area (Å²) in [6, 6.07) is 14.5. The van der Waals surface area contributed by atoms with Crippen LogP contribution in [0.5, 0.6) is 0 Å². The summed E-state index contributed by atoms with van der Waals surface area (Å²) in [4.78, 5) is 12.7. The van der Waals surface area contributed by atoms with Gasteiger partial charge in [-0.15, -0.1) is 0 Å². The van der Waals surface area contributed by atoms with Gasteiger partial charge >= 0.3 is 0 Å². The minimum absolute atomic E-state index is 0.00584. The first kappa shape index (κ1) is 15.5. The molecule has 0 amide bonds. The van der Waals surface area contributed by atoms with Crippen LogP contribution in [0.3, 0.4) is 0 Å². The van der Waals surface area contributed by atoms with E-state index in [1.165, 1.54) is 22.3 Å². The van der Waals surface area contributed by atoms with E-state index in [0.29, 0.717) is 12.2 Å². The zero-order valence-electron chi connectivity index (χ0n) is 13.4. The maximum Gasteiger partial charge on any atom is 0.144 e. The van der Waals surface area contributed by atoms with E-state index in [4.69, 9.17) is 0 Å². The molecular weight excluding hydrogens is 256 g/mol. The van der Waals surface area contributed by atoms with Crippen LogP contribution in [0.25, 0.3) is 0 Å². The van der Waals surface area contributed by atoms with Gasteiger partial charge in [-0.2, -0.15) is 0 Å². The Morgan fingerprint density at radius 2 is 1.57 bits per heavy atom. The minimum atomic E-state index is 0.00584. The Hall–Kier alpha value is -1.89. The highest BCUT2D eigenvalue weighted by Crippen LogP contribution is 2.24. The Morgan fingerprint density at radius 3 is 2.10 bits per heavy atom. The number of aryl methyl sites for hydroxylation is 3. The Bertz CT molecular complexity index is 603. The number of benzene rings is 2. The number of hydrogen-bond acceptors (Lipinski definition) is 1. The second-order valence-electron chi connectivity index (χ2n) is 5.89. The number of carbonyl (C=O) groups excluding carboxylic acids is 1. The second kappa shape index (κ2) is 6.71. The predicted molar refractivity (Wildman–Crippen MR) is 88.8 cm³/mol. The number of rotatable bonds is 5. The molecule has 0 N–H and O–H groups in total. The molecule has 2 aromatic rings. The van der Waals surface area contributed by atoms with Gasteiger partial charge in [-0.25, -0.2) is 0 Å². The summed E-state index contributed by atoms with van der Waals surface area (Å²) < 4.78 is 0. The lowest BCUT2D eigenvalue weighted by Crippen LogP contribution is -2.15. The molecule has 0 saturated heterocycles. The summed E-state index contributed by atoms with van der Waals surface area (Å²) in [6.07, 6.45) is 1.39. The van der Waals surface area contributed by atoms with Crippen molar-refractivity contribution in [3.63, 3.8) is 0 Å². The largest absolute Gasteiger partial charge is 0.299 e. The molecule has 0 fully saturated rings. The van der Waals surface area contributed by atoms with Crippen molar-refractivity contribution >= 4 is 5.78 Å². The summed E-state index contributed by atoms with van der Waals surface area (Å²) >= 11 is 0. The first-order valence-electron chi connectivity index (χ1n) is 7.67. The average Bonchev–Trinajstić information content (AvgIpc) is 2.45. The molecule has 110 valence electrons. The van der Waals surface area contributed by atoms with Gasteiger partial charge < -0.3 is 0 Å². The molecule has 0 radical (unpaired) electrons. The fourth-order valence-electron chi connectivity index (χ4n) is 3.12. The molecule has 0 aliphatic rings. The van der Waals surface area contributed by atoms with Crippen LogP contribution in [0.2, 0.25) is 0 Å². The van der Waals surface area contributed by atoms with Crippen LogP contribution in [0.15, 0.2) is 42.5 Å². The molecule has 0 bridgehead atoms. The van der Waals surface area contributed by atoms with Crippen molar-refractivity contribution < 1.29 is 4.79 Å². The molecule has 0 aromatic heterocycles. The highest BCUT2D eigenvalue weighted by molar-refractivity contribution is 5.88. The fraction of sp³-hybridized carbons (Fsp3) is 0.350. The Labute approximate surface area is 128 Å². The van der Waals surface area contributed by atoms with Crippen molar-refractivity contribution in [1.82, 2.24) is 0 Å². The van der Waals surface area contributed by atoms with Gasteiger partial charge in [0.25, 0.3) is 0 Å². The molecule has 2 rings (SSSR count). The fourth-order valence-corrected chi connectivity index (χ4v) is 3.12. The summed E-state index contributed by atoms with van der Waals surface area (Å²) in [6.45, 7) is 8.40. The third kappa shape index (κ3) is 3.60. The van der Waals surface area contributed by atoms with E-state index in [1.807, 2.05) is 18.2 Å². The van der Waals surface area contributed by atoms with Crippen molar-refractivity contribution in [3.05, 3.63) is 70.3 Å². The molecule has 0 heterocycles. The van der Waals surface area contributed by atoms with Crippen LogP contribution >= 0.6 is 0 Å². The van der Waals surface area contributed by atoms with E-state index in [1.54, 1.807) is 0 Å². The van der Waals surface area contributed by atoms with Crippen molar-refractivity contribution in [3.8, 4) is 0 Å². The maximum absolute atomic E-state index is 12.7. The minimum Gasteiger partial charge on any atom is -0.299 e. The van der Waals surface area contributed by atoms with Crippen molar-refractivity contribution in [2.24, 2.45) is 0 Å². The SMILES string of the molecule is CCC(C(=O)Cc1c(C)cc(C)cc1C)c1ccccc1. The third-order valence-electron chi connectivity index (χ3n) is 4.19. The summed E-state index contributed by atoms with van der Waals surface area (Å²) in [5.41, 5.74) is 6.04. The molecule has 1 heteroatoms. The first-order chi connectivity index (χ1) is 10.0. The first-order valence-corrected chi connectivity index (χ1v) is 7.67. The molecule has 21 heavy (non-hydrogen) atoms.